The number of halogens is 3. The molecule has 4 aromatic rings. The van der Waals surface area contributed by atoms with E-state index < -0.39 is 6.36 Å². The maximum atomic E-state index is 13.6. The molecule has 0 unspecified atom stereocenters. The first-order valence-electron chi connectivity index (χ1n) is 12.9. The van der Waals surface area contributed by atoms with Crippen LogP contribution in [0.4, 0.5) is 13.2 Å². The Hall–Kier alpha value is -3.87. The number of hydrogen-bond acceptors (Lipinski definition) is 3. The van der Waals surface area contributed by atoms with Crippen LogP contribution in [0.1, 0.15) is 40.7 Å². The third kappa shape index (κ3) is 5.98. The van der Waals surface area contributed by atoms with E-state index in [1.807, 2.05) is 36.1 Å². The van der Waals surface area contributed by atoms with Crippen LogP contribution in [0.5, 0.6) is 5.75 Å². The van der Waals surface area contributed by atoms with E-state index in [4.69, 9.17) is 0 Å². The van der Waals surface area contributed by atoms with Crippen molar-refractivity contribution in [2.75, 3.05) is 13.1 Å². The third-order valence-corrected chi connectivity index (χ3v) is 7.29. The van der Waals surface area contributed by atoms with Gasteiger partial charge in [0.25, 0.3) is 5.91 Å². The second-order valence-corrected chi connectivity index (χ2v) is 9.87. The fourth-order valence-electron chi connectivity index (χ4n) is 5.34. The lowest BCUT2D eigenvalue weighted by Gasteiger charge is -2.22. The summed E-state index contributed by atoms with van der Waals surface area (Å²) in [6.07, 6.45) is 1.01. The Bertz CT molecular complexity index is 1430. The molecule has 0 N–H and O–H groups in total. The largest absolute Gasteiger partial charge is 0.573 e. The predicted molar refractivity (Wildman–Crippen MR) is 142 cm³/mol. The topological polar surface area (TPSA) is 42.4 Å². The van der Waals surface area contributed by atoms with Crippen molar-refractivity contribution in [1.82, 2.24) is 9.88 Å². The van der Waals surface area contributed by atoms with Crippen LogP contribution in [0.2, 0.25) is 0 Å². The van der Waals surface area contributed by atoms with Gasteiger partial charge in [0.2, 0.25) is 0 Å². The number of likely N-dealkylation sites (tertiary alicyclic amines) is 1. The minimum atomic E-state index is -4.73. The minimum Gasteiger partial charge on any atom is -0.406 e. The maximum Gasteiger partial charge on any atom is 0.573 e. The lowest BCUT2D eigenvalue weighted by atomic mass is 9.92. The molecule has 1 aliphatic heterocycles. The number of hydrogen-bond donors (Lipinski definition) is 0. The number of nitrogens with zero attached hydrogens (tertiary/aromatic N) is 2. The lowest BCUT2D eigenvalue weighted by molar-refractivity contribution is -0.274. The van der Waals surface area contributed by atoms with Gasteiger partial charge in [-0.3, -0.25) is 9.78 Å². The van der Waals surface area contributed by atoms with Gasteiger partial charge < -0.3 is 9.64 Å². The van der Waals surface area contributed by atoms with Gasteiger partial charge in [0.15, 0.2) is 0 Å². The van der Waals surface area contributed by atoms with Crippen molar-refractivity contribution in [3.63, 3.8) is 0 Å². The number of aromatic nitrogens is 1. The summed E-state index contributed by atoms with van der Waals surface area (Å²) in [4.78, 5) is 19.9. The molecule has 3 aromatic carbocycles. The number of amides is 1. The number of ether oxygens (including phenoxy) is 1. The minimum absolute atomic E-state index is 0.00111. The van der Waals surface area contributed by atoms with Crippen LogP contribution < -0.4 is 4.74 Å². The van der Waals surface area contributed by atoms with E-state index in [2.05, 4.69) is 34.0 Å². The summed E-state index contributed by atoms with van der Waals surface area (Å²) in [6, 6.07) is 21.7. The van der Waals surface area contributed by atoms with Crippen molar-refractivity contribution >= 4 is 16.8 Å². The van der Waals surface area contributed by atoms with Crippen molar-refractivity contribution in [2.24, 2.45) is 5.92 Å². The van der Waals surface area contributed by atoms with Gasteiger partial charge >= 0.3 is 6.36 Å². The molecule has 5 rings (SSSR count). The molecule has 0 aliphatic carbocycles. The zero-order valence-corrected chi connectivity index (χ0v) is 21.2. The fraction of sp³-hybridized carbons (Fsp3) is 0.290. The molecule has 4 nitrogen and oxygen atoms in total. The second-order valence-electron chi connectivity index (χ2n) is 9.87. The second kappa shape index (κ2) is 10.9. The first kappa shape index (κ1) is 25.8. The third-order valence-electron chi connectivity index (χ3n) is 7.29. The number of alkyl halides is 3. The maximum absolute atomic E-state index is 13.6. The molecule has 1 aliphatic rings. The van der Waals surface area contributed by atoms with E-state index >= 15 is 0 Å². The summed E-state index contributed by atoms with van der Waals surface area (Å²) in [7, 11) is 0. The van der Waals surface area contributed by atoms with Crippen molar-refractivity contribution in [3.8, 4) is 16.9 Å². The van der Waals surface area contributed by atoms with E-state index in [1.54, 1.807) is 18.3 Å². The Morgan fingerprint density at radius 1 is 1.00 bits per heavy atom. The van der Waals surface area contributed by atoms with Crippen LogP contribution >= 0.6 is 0 Å². The summed E-state index contributed by atoms with van der Waals surface area (Å²) in [6.45, 7) is 3.30. The van der Waals surface area contributed by atoms with Crippen LogP contribution in [0.15, 0.2) is 79.0 Å². The Morgan fingerprint density at radius 3 is 2.61 bits per heavy atom. The normalized spacial score (nSPS) is 16.3. The molecule has 0 saturated carbocycles. The molecule has 1 fully saturated rings. The van der Waals surface area contributed by atoms with Crippen LogP contribution in [-0.4, -0.2) is 35.2 Å². The molecule has 1 saturated heterocycles. The van der Waals surface area contributed by atoms with Crippen LogP contribution in [0.3, 0.4) is 0 Å². The first-order valence-corrected chi connectivity index (χ1v) is 12.9. The highest BCUT2D eigenvalue weighted by Crippen LogP contribution is 2.31. The standard InChI is InChI=1S/C31H29F3N2O2/c1-21-27(24-10-12-26(13-11-24)38-31(32,33)34)7-2-8-28(21)30(37)36-17-4-5-22(15-18-36)19-23-9-14-29-25(20-23)6-3-16-35-29/h2-3,6-14,16,20,22H,4-5,15,17-19H2,1H3/t22-/m1/s1. The van der Waals surface area contributed by atoms with Gasteiger partial charge in [0.05, 0.1) is 5.52 Å². The quantitative estimate of drug-likeness (QED) is 0.273. The van der Waals surface area contributed by atoms with Gasteiger partial charge in [-0.2, -0.15) is 0 Å². The highest BCUT2D eigenvalue weighted by atomic mass is 19.4. The van der Waals surface area contributed by atoms with Gasteiger partial charge in [-0.25, -0.2) is 0 Å². The molecule has 0 bridgehead atoms. The van der Waals surface area contributed by atoms with Gasteiger partial charge in [-0.05, 0) is 97.2 Å². The molecule has 0 radical (unpaired) electrons. The summed E-state index contributed by atoms with van der Waals surface area (Å²) in [5, 5.41) is 1.15. The molecule has 196 valence electrons. The van der Waals surface area contributed by atoms with E-state index in [0.29, 0.717) is 24.6 Å². The number of pyridine rings is 1. The SMILES string of the molecule is Cc1c(C(=O)N2CCC[C@@H](Cc3ccc4ncccc4c3)CC2)cccc1-c1ccc(OC(F)(F)F)cc1. The molecule has 38 heavy (non-hydrogen) atoms. The van der Waals surface area contributed by atoms with E-state index in [-0.39, 0.29) is 11.7 Å². The van der Waals surface area contributed by atoms with Crippen LogP contribution in [0.25, 0.3) is 22.0 Å². The van der Waals surface area contributed by atoms with Crippen LogP contribution in [-0.2, 0) is 6.42 Å². The zero-order chi connectivity index (χ0) is 26.7. The molecule has 1 atom stereocenters. The molecule has 0 spiro atoms. The number of benzene rings is 3. The fourth-order valence-corrected chi connectivity index (χ4v) is 5.34. The molecule has 2 heterocycles. The summed E-state index contributed by atoms with van der Waals surface area (Å²) in [5.74, 6) is 0.233. The zero-order valence-electron chi connectivity index (χ0n) is 21.2. The van der Waals surface area contributed by atoms with Crippen molar-refractivity contribution in [2.45, 2.75) is 39.0 Å². The number of rotatable bonds is 5. The van der Waals surface area contributed by atoms with Gasteiger partial charge in [0.1, 0.15) is 5.75 Å². The average Bonchev–Trinajstić information content (AvgIpc) is 3.14. The summed E-state index contributed by atoms with van der Waals surface area (Å²) >= 11 is 0. The number of carbonyl (C=O) groups excluding carboxylic acids is 1. The Morgan fingerprint density at radius 2 is 1.82 bits per heavy atom. The van der Waals surface area contributed by atoms with Gasteiger partial charge in [0, 0.05) is 30.2 Å². The summed E-state index contributed by atoms with van der Waals surface area (Å²) < 4.78 is 41.5. The van der Waals surface area contributed by atoms with E-state index in [0.717, 1.165) is 53.3 Å². The predicted octanol–water partition coefficient (Wildman–Crippen LogP) is 7.59. The highest BCUT2D eigenvalue weighted by Gasteiger charge is 2.31. The molecule has 1 aromatic heterocycles. The monoisotopic (exact) mass is 518 g/mol. The number of carbonyl (C=O) groups is 1. The summed E-state index contributed by atoms with van der Waals surface area (Å²) in [5.41, 5.74) is 5.27. The van der Waals surface area contributed by atoms with Crippen molar-refractivity contribution in [3.05, 3.63) is 95.7 Å². The average molecular weight is 519 g/mol. The smallest absolute Gasteiger partial charge is 0.406 e. The van der Waals surface area contributed by atoms with Crippen LogP contribution in [0, 0.1) is 12.8 Å². The van der Waals surface area contributed by atoms with E-state index in [9.17, 15) is 18.0 Å². The molecule has 1 amide bonds. The van der Waals surface area contributed by atoms with Crippen molar-refractivity contribution < 1.29 is 22.7 Å². The Labute approximate surface area is 220 Å². The highest BCUT2D eigenvalue weighted by molar-refractivity contribution is 5.97. The first-order chi connectivity index (χ1) is 18.3. The molecular formula is C31H29F3N2O2. The molecular weight excluding hydrogens is 489 g/mol. The lowest BCUT2D eigenvalue weighted by Crippen LogP contribution is -2.32. The van der Waals surface area contributed by atoms with E-state index in [1.165, 1.54) is 17.7 Å². The number of fused-ring (bicyclic) bond motifs is 1. The van der Waals surface area contributed by atoms with Gasteiger partial charge in [-0.15, -0.1) is 13.2 Å². The van der Waals surface area contributed by atoms with Crippen molar-refractivity contribution in [1.29, 1.82) is 0 Å². The molecule has 7 heteroatoms. The Kier molecular flexibility index (Phi) is 7.36. The Balaban J connectivity index is 1.26. The van der Waals surface area contributed by atoms with Gasteiger partial charge in [-0.1, -0.05) is 36.4 Å².